The Morgan fingerprint density at radius 1 is 1.00 bits per heavy atom. The fraction of sp³-hybridized carbons (Fsp3) is 0.120. The third kappa shape index (κ3) is 5.68. The zero-order chi connectivity index (χ0) is 24.1. The number of carboxylic acid groups (broad SMARTS) is 1. The molecule has 1 heterocycles. The number of carboxylic acids is 1. The second kappa shape index (κ2) is 10.3. The van der Waals surface area contributed by atoms with Gasteiger partial charge in [0.25, 0.3) is 0 Å². The monoisotopic (exact) mass is 477 g/mol. The van der Waals surface area contributed by atoms with Crippen molar-refractivity contribution in [2.75, 3.05) is 5.32 Å². The highest BCUT2D eigenvalue weighted by atomic mass is 32.2. The van der Waals surface area contributed by atoms with Crippen molar-refractivity contribution < 1.29 is 23.9 Å². The van der Waals surface area contributed by atoms with E-state index in [0.717, 1.165) is 5.56 Å². The molecule has 0 aromatic heterocycles. The maximum Gasteiger partial charge on any atom is 0.335 e. The summed E-state index contributed by atoms with van der Waals surface area (Å²) >= 11 is 1.18. The highest BCUT2D eigenvalue weighted by Crippen LogP contribution is 2.33. The lowest BCUT2D eigenvalue weighted by Gasteiger charge is -2.16. The number of benzene rings is 3. The Kier molecular flexibility index (Phi) is 7.03. The summed E-state index contributed by atoms with van der Waals surface area (Å²) in [4.78, 5) is 42.8. The van der Waals surface area contributed by atoms with Crippen LogP contribution in [0, 0.1) is 5.82 Å². The molecule has 1 aliphatic rings. The van der Waals surface area contributed by atoms with Crippen LogP contribution in [-0.4, -0.2) is 38.2 Å². The van der Waals surface area contributed by atoms with E-state index >= 15 is 0 Å². The van der Waals surface area contributed by atoms with Gasteiger partial charge in [-0.1, -0.05) is 42.1 Å². The summed E-state index contributed by atoms with van der Waals surface area (Å²) in [5.74, 6) is -2.06. The second-order valence-electron chi connectivity index (χ2n) is 7.52. The standard InChI is InChI=1S/C25H20FN3O4S/c26-18-8-12-20(13-9-18)28-25-29(15-16-4-2-1-3-5-16)23(31)21(34-25)14-22(30)27-19-10-6-17(7-11-19)24(32)33/h1-13,21H,14-15H2,(H,27,30)(H,32,33)/t21-/m1/s1. The summed E-state index contributed by atoms with van der Waals surface area (Å²) in [7, 11) is 0. The van der Waals surface area contributed by atoms with Crippen LogP contribution in [0.4, 0.5) is 15.8 Å². The Labute approximate surface area is 199 Å². The molecular weight excluding hydrogens is 457 g/mol. The van der Waals surface area contributed by atoms with Crippen LogP contribution >= 0.6 is 11.8 Å². The van der Waals surface area contributed by atoms with E-state index in [1.807, 2.05) is 30.3 Å². The number of carbonyl (C=O) groups is 3. The normalized spacial score (nSPS) is 16.6. The van der Waals surface area contributed by atoms with Crippen LogP contribution in [0.25, 0.3) is 0 Å². The minimum absolute atomic E-state index is 0.0854. The largest absolute Gasteiger partial charge is 0.478 e. The minimum Gasteiger partial charge on any atom is -0.478 e. The maximum atomic E-state index is 13.3. The van der Waals surface area contributed by atoms with Gasteiger partial charge < -0.3 is 10.4 Å². The molecule has 1 aliphatic heterocycles. The van der Waals surface area contributed by atoms with Gasteiger partial charge in [-0.3, -0.25) is 14.5 Å². The van der Waals surface area contributed by atoms with Crippen molar-refractivity contribution in [3.63, 3.8) is 0 Å². The number of nitrogens with one attached hydrogen (secondary N) is 1. The summed E-state index contributed by atoms with van der Waals surface area (Å²) in [6, 6.07) is 20.8. The summed E-state index contributed by atoms with van der Waals surface area (Å²) in [6.07, 6.45) is -0.0854. The lowest BCUT2D eigenvalue weighted by Crippen LogP contribution is -2.33. The van der Waals surface area contributed by atoms with Crippen molar-refractivity contribution in [2.24, 2.45) is 4.99 Å². The first-order valence-electron chi connectivity index (χ1n) is 10.4. The predicted octanol–water partition coefficient (Wildman–Crippen LogP) is 4.68. The highest BCUT2D eigenvalue weighted by Gasteiger charge is 2.39. The van der Waals surface area contributed by atoms with Gasteiger partial charge >= 0.3 is 5.97 Å². The number of nitrogens with zero attached hydrogens (tertiary/aromatic N) is 2. The van der Waals surface area contributed by atoms with Gasteiger partial charge in [0, 0.05) is 12.1 Å². The van der Waals surface area contributed by atoms with Crippen LogP contribution in [-0.2, 0) is 16.1 Å². The summed E-state index contributed by atoms with van der Waals surface area (Å²) in [5.41, 5.74) is 1.95. The smallest absolute Gasteiger partial charge is 0.335 e. The molecule has 34 heavy (non-hydrogen) atoms. The topological polar surface area (TPSA) is 99.1 Å². The number of anilines is 1. The first-order chi connectivity index (χ1) is 16.4. The van der Waals surface area contributed by atoms with Crippen LogP contribution in [0.3, 0.4) is 0 Å². The Balaban J connectivity index is 1.50. The Hall–Kier alpha value is -3.98. The molecule has 2 amide bonds. The van der Waals surface area contributed by atoms with Crippen molar-refractivity contribution in [3.05, 3.63) is 95.8 Å². The van der Waals surface area contributed by atoms with E-state index < -0.39 is 11.2 Å². The molecular formula is C25H20FN3O4S. The molecule has 9 heteroatoms. The number of aliphatic imine (C=N–C) groups is 1. The fourth-order valence-corrected chi connectivity index (χ4v) is 4.50. The fourth-order valence-electron chi connectivity index (χ4n) is 3.34. The molecule has 1 fully saturated rings. The van der Waals surface area contributed by atoms with E-state index in [2.05, 4.69) is 10.3 Å². The molecule has 0 saturated carbocycles. The highest BCUT2D eigenvalue weighted by molar-refractivity contribution is 8.15. The number of hydrogen-bond donors (Lipinski definition) is 2. The number of thioether (sulfide) groups is 1. The van der Waals surface area contributed by atoms with Gasteiger partial charge in [0.1, 0.15) is 11.1 Å². The van der Waals surface area contributed by atoms with Gasteiger partial charge in [-0.25, -0.2) is 14.2 Å². The van der Waals surface area contributed by atoms with Crippen molar-refractivity contribution >= 4 is 46.1 Å². The first kappa shape index (κ1) is 23.2. The predicted molar refractivity (Wildman–Crippen MR) is 129 cm³/mol. The van der Waals surface area contributed by atoms with Crippen molar-refractivity contribution in [1.29, 1.82) is 0 Å². The number of carbonyl (C=O) groups excluding carboxylic acids is 2. The van der Waals surface area contributed by atoms with Crippen LogP contribution in [0.15, 0.2) is 83.9 Å². The molecule has 7 nitrogen and oxygen atoms in total. The number of rotatable bonds is 7. The average Bonchev–Trinajstić information content (AvgIpc) is 3.10. The quantitative estimate of drug-likeness (QED) is 0.515. The van der Waals surface area contributed by atoms with E-state index in [4.69, 9.17) is 5.11 Å². The SMILES string of the molecule is O=C(C[C@H]1SC(=Nc2ccc(F)cc2)N(Cc2ccccc2)C1=O)Nc1ccc(C(=O)O)cc1. The van der Waals surface area contributed by atoms with Gasteiger partial charge in [-0.05, 0) is 54.1 Å². The van der Waals surface area contributed by atoms with E-state index in [9.17, 15) is 18.8 Å². The zero-order valence-electron chi connectivity index (χ0n) is 17.8. The average molecular weight is 478 g/mol. The van der Waals surface area contributed by atoms with Crippen LogP contribution in [0.1, 0.15) is 22.3 Å². The Bertz CT molecular complexity index is 1230. The van der Waals surface area contributed by atoms with Crippen molar-refractivity contribution in [3.8, 4) is 0 Å². The number of aromatic carboxylic acids is 1. The van der Waals surface area contributed by atoms with E-state index in [1.54, 1.807) is 0 Å². The molecule has 172 valence electrons. The molecule has 1 saturated heterocycles. The molecule has 0 unspecified atom stereocenters. The molecule has 0 radical (unpaired) electrons. The Morgan fingerprint density at radius 3 is 2.32 bits per heavy atom. The van der Waals surface area contributed by atoms with Gasteiger partial charge in [0.15, 0.2) is 5.17 Å². The molecule has 0 aliphatic carbocycles. The molecule has 2 N–H and O–H groups in total. The summed E-state index contributed by atoms with van der Waals surface area (Å²) in [6.45, 7) is 0.293. The lowest BCUT2D eigenvalue weighted by molar-refractivity contribution is -0.128. The van der Waals surface area contributed by atoms with Gasteiger partial charge in [-0.2, -0.15) is 0 Å². The minimum atomic E-state index is -1.06. The number of halogens is 1. The summed E-state index contributed by atoms with van der Waals surface area (Å²) < 4.78 is 13.3. The molecule has 3 aromatic rings. The molecule has 0 spiro atoms. The number of amides is 2. The Morgan fingerprint density at radius 2 is 1.68 bits per heavy atom. The molecule has 1 atom stereocenters. The third-order valence-corrected chi connectivity index (χ3v) is 6.22. The number of amidine groups is 1. The molecule has 3 aromatic carbocycles. The van der Waals surface area contributed by atoms with Crippen LogP contribution in [0.5, 0.6) is 0 Å². The van der Waals surface area contributed by atoms with Crippen molar-refractivity contribution in [1.82, 2.24) is 4.90 Å². The van der Waals surface area contributed by atoms with Gasteiger partial charge in [0.2, 0.25) is 11.8 Å². The molecule has 0 bridgehead atoms. The van der Waals surface area contributed by atoms with Gasteiger partial charge in [-0.15, -0.1) is 0 Å². The lowest BCUT2D eigenvalue weighted by atomic mass is 10.2. The van der Waals surface area contributed by atoms with E-state index in [1.165, 1.54) is 65.2 Å². The van der Waals surface area contributed by atoms with E-state index in [-0.39, 0.29) is 29.6 Å². The molecule has 4 rings (SSSR count). The van der Waals surface area contributed by atoms with Crippen LogP contribution in [0.2, 0.25) is 0 Å². The third-order valence-electron chi connectivity index (χ3n) is 5.04. The summed E-state index contributed by atoms with van der Waals surface area (Å²) in [5, 5.41) is 11.4. The van der Waals surface area contributed by atoms with Crippen LogP contribution < -0.4 is 5.32 Å². The van der Waals surface area contributed by atoms with Gasteiger partial charge in [0.05, 0.1) is 17.8 Å². The number of hydrogen-bond acceptors (Lipinski definition) is 5. The van der Waals surface area contributed by atoms with Crippen molar-refractivity contribution in [2.45, 2.75) is 18.2 Å². The first-order valence-corrected chi connectivity index (χ1v) is 11.3. The van der Waals surface area contributed by atoms with E-state index in [0.29, 0.717) is 23.1 Å². The second-order valence-corrected chi connectivity index (χ2v) is 8.69. The maximum absolute atomic E-state index is 13.3. The zero-order valence-corrected chi connectivity index (χ0v) is 18.7.